The number of hydrogen-bond donors (Lipinski definition) is 2. The largest absolute Gasteiger partial charge is 1.00 e. The van der Waals surface area contributed by atoms with Crippen molar-refractivity contribution in [2.75, 3.05) is 0 Å². The first kappa shape index (κ1) is 22.4. The van der Waals surface area contributed by atoms with Gasteiger partial charge in [0.1, 0.15) is 0 Å². The summed E-state index contributed by atoms with van der Waals surface area (Å²) in [4.78, 5) is 21.0. The monoisotopic (exact) mass is 250 g/mol. The Bertz CT molecular complexity index is 194. The average molecular weight is 250 g/mol. The predicted octanol–water partition coefficient (Wildman–Crippen LogP) is -3.63. The zero-order valence-corrected chi connectivity index (χ0v) is 13.7. The third-order valence-corrected chi connectivity index (χ3v) is 2.19. The van der Waals surface area contributed by atoms with Crippen LogP contribution < -0.4 is 70.2 Å². The van der Waals surface area contributed by atoms with E-state index in [1.54, 1.807) is 0 Å². The molecule has 0 aromatic heterocycles. The Morgan fingerprint density at radius 3 is 1.88 bits per heavy atom. The molecule has 0 aliphatic heterocycles. The first-order valence-corrected chi connectivity index (χ1v) is 5.05. The molecule has 0 aliphatic carbocycles. The van der Waals surface area contributed by atoms with Crippen LogP contribution in [0.2, 0.25) is 0 Å². The molecule has 0 bridgehead atoms. The van der Waals surface area contributed by atoms with Crippen molar-refractivity contribution in [2.45, 2.75) is 45.4 Å². The van der Waals surface area contributed by atoms with Gasteiger partial charge in [0.2, 0.25) is 0 Å². The Kier molecular flexibility index (Phi) is 19.9. The Labute approximate surface area is 154 Å². The summed E-state index contributed by atoms with van der Waals surface area (Å²) in [5, 5.41) is 17.1. The van der Waals surface area contributed by atoms with Gasteiger partial charge in [0, 0.05) is 0 Å². The molecule has 2 N–H and O–H groups in total. The fourth-order valence-corrected chi connectivity index (χ4v) is 1.30. The Balaban J connectivity index is -0.000000141. The van der Waals surface area contributed by atoms with Crippen molar-refractivity contribution in [1.82, 2.24) is 0 Å². The molecule has 0 radical (unpaired) electrons. The Morgan fingerprint density at radius 1 is 1.06 bits per heavy atom. The van der Waals surface area contributed by atoms with E-state index in [2.05, 4.69) is 6.92 Å². The van der Waals surface area contributed by atoms with Gasteiger partial charge in [-0.1, -0.05) is 39.0 Å². The molecule has 0 aliphatic rings. The van der Waals surface area contributed by atoms with Crippen LogP contribution in [0.5, 0.6) is 0 Å². The van der Waals surface area contributed by atoms with E-state index in [0.29, 0.717) is 6.42 Å². The third-order valence-electron chi connectivity index (χ3n) is 2.19. The van der Waals surface area contributed by atoms with Gasteiger partial charge in [-0.3, -0.25) is 9.59 Å². The molecule has 0 spiro atoms. The summed E-state index contributed by atoms with van der Waals surface area (Å²) < 4.78 is 0. The summed E-state index contributed by atoms with van der Waals surface area (Å²) in [6.45, 7) is 2.09. The molecule has 16 heavy (non-hydrogen) atoms. The number of aliphatic carboxylic acids is 2. The van der Waals surface area contributed by atoms with E-state index >= 15 is 0 Å². The maximum atomic E-state index is 10.5. The van der Waals surface area contributed by atoms with Crippen molar-refractivity contribution in [2.24, 2.45) is 5.92 Å². The van der Waals surface area contributed by atoms with Crippen LogP contribution in [-0.2, 0) is 9.59 Å². The maximum Gasteiger partial charge on any atom is 1.00 e. The molecule has 0 aromatic carbocycles. The van der Waals surface area contributed by atoms with Gasteiger partial charge in [0.05, 0.1) is 0 Å². The normalized spacial score (nSPS) is 9.12. The van der Waals surface area contributed by atoms with Crippen LogP contribution in [0, 0.1) is 5.92 Å². The fraction of sp³-hybridized carbons (Fsp3) is 0.800. The number of carbonyl (C=O) groups is 2. The Morgan fingerprint density at radius 2 is 1.50 bits per heavy atom. The number of rotatable bonds is 8. The number of hydrogen-bond acceptors (Lipinski definition) is 2. The second kappa shape index (κ2) is 14.2. The van der Waals surface area contributed by atoms with E-state index in [4.69, 9.17) is 10.2 Å². The second-order valence-corrected chi connectivity index (χ2v) is 3.43. The van der Waals surface area contributed by atoms with E-state index in [0.717, 1.165) is 25.7 Å². The molecule has 0 saturated carbocycles. The summed E-state index contributed by atoms with van der Waals surface area (Å²) >= 11 is 0. The molecular weight excluding hydrogens is 230 g/mol. The van der Waals surface area contributed by atoms with Gasteiger partial charge in [0.15, 0.2) is 5.92 Å². The van der Waals surface area contributed by atoms with E-state index in [1.807, 2.05) is 0 Å². The van der Waals surface area contributed by atoms with Gasteiger partial charge in [-0.2, -0.15) is 0 Å². The van der Waals surface area contributed by atoms with Gasteiger partial charge in [0.25, 0.3) is 0 Å². The molecule has 0 amide bonds. The standard InChI is InChI=1S/C10H18O4.K.Li.2H/c1-2-3-4-5-6-7-8(9(11)12)10(13)14;;;;/h8H,2-7H2,1H3,(H,11,12)(H,13,14);;;;/q;2*+1;2*-1. The molecule has 0 rings (SSSR count). The van der Waals surface area contributed by atoms with Crippen molar-refractivity contribution in [3.8, 4) is 0 Å². The van der Waals surface area contributed by atoms with Gasteiger partial charge in [-0.25, -0.2) is 0 Å². The van der Waals surface area contributed by atoms with E-state index < -0.39 is 17.9 Å². The summed E-state index contributed by atoms with van der Waals surface area (Å²) in [5.41, 5.74) is 0. The molecule has 0 saturated heterocycles. The van der Waals surface area contributed by atoms with Crippen molar-refractivity contribution in [3.05, 3.63) is 0 Å². The van der Waals surface area contributed by atoms with E-state index in [-0.39, 0.29) is 79.5 Å². The molecule has 0 unspecified atom stereocenters. The second-order valence-electron chi connectivity index (χ2n) is 3.43. The topological polar surface area (TPSA) is 74.6 Å². The first-order valence-electron chi connectivity index (χ1n) is 5.05. The van der Waals surface area contributed by atoms with Crippen LogP contribution in [0.3, 0.4) is 0 Å². The molecule has 4 nitrogen and oxygen atoms in total. The van der Waals surface area contributed by atoms with E-state index in [1.165, 1.54) is 0 Å². The van der Waals surface area contributed by atoms with Crippen molar-refractivity contribution in [3.63, 3.8) is 0 Å². The van der Waals surface area contributed by atoms with Crippen LogP contribution in [0.15, 0.2) is 0 Å². The average Bonchev–Trinajstić information content (AvgIpc) is 2.09. The van der Waals surface area contributed by atoms with Crippen molar-refractivity contribution >= 4 is 11.9 Å². The molecule has 6 heteroatoms. The van der Waals surface area contributed by atoms with Crippen LogP contribution in [-0.4, -0.2) is 22.2 Å². The molecule has 0 aromatic rings. The van der Waals surface area contributed by atoms with Crippen LogP contribution >= 0.6 is 0 Å². The third kappa shape index (κ3) is 11.7. The molecular formula is C10H20KLiO4. The minimum Gasteiger partial charge on any atom is -1.00 e. The van der Waals surface area contributed by atoms with E-state index in [9.17, 15) is 9.59 Å². The van der Waals surface area contributed by atoms with Crippen molar-refractivity contribution in [1.29, 1.82) is 0 Å². The molecule has 0 heterocycles. The smallest absolute Gasteiger partial charge is 1.00 e. The van der Waals surface area contributed by atoms with Gasteiger partial charge in [-0.15, -0.1) is 0 Å². The quantitative estimate of drug-likeness (QED) is 0.265. The SMILES string of the molecule is CCCCCCCC(C(=O)O)C(=O)O.[H-].[H-].[K+].[Li+]. The minimum atomic E-state index is -1.23. The Hall–Kier alpha value is 1.17. The number of carboxylic acid groups (broad SMARTS) is 2. The van der Waals surface area contributed by atoms with Gasteiger partial charge in [-0.05, 0) is 6.42 Å². The van der Waals surface area contributed by atoms with Gasteiger partial charge >= 0.3 is 82.2 Å². The van der Waals surface area contributed by atoms with Gasteiger partial charge < -0.3 is 13.1 Å². The predicted molar refractivity (Wildman–Crippen MR) is 54.4 cm³/mol. The number of carboxylic acids is 2. The van der Waals surface area contributed by atoms with Crippen LogP contribution in [0.4, 0.5) is 0 Å². The molecule has 0 atom stereocenters. The fourth-order valence-electron chi connectivity index (χ4n) is 1.30. The minimum absolute atomic E-state index is 0. The first-order chi connectivity index (χ1) is 6.59. The van der Waals surface area contributed by atoms with Crippen LogP contribution in [0.25, 0.3) is 0 Å². The zero-order chi connectivity index (χ0) is 11.0. The zero-order valence-electron chi connectivity index (χ0n) is 12.5. The summed E-state index contributed by atoms with van der Waals surface area (Å²) in [7, 11) is 0. The molecule has 86 valence electrons. The summed E-state index contributed by atoms with van der Waals surface area (Å²) in [6, 6.07) is 0. The molecule has 0 fully saturated rings. The summed E-state index contributed by atoms with van der Waals surface area (Å²) in [6.07, 6.45) is 5.16. The van der Waals surface area contributed by atoms with Crippen molar-refractivity contribution < 1.29 is 92.9 Å². The van der Waals surface area contributed by atoms with Crippen LogP contribution in [0.1, 0.15) is 48.3 Å². The maximum absolute atomic E-state index is 10.5. The number of unbranched alkanes of at least 4 members (excludes halogenated alkanes) is 4. The summed E-state index contributed by atoms with van der Waals surface area (Å²) in [5.74, 6) is -3.68.